The average Bonchev–Trinajstić information content (AvgIpc) is 2.49. The highest BCUT2D eigenvalue weighted by Crippen LogP contribution is 2.18. The van der Waals surface area contributed by atoms with Crippen molar-refractivity contribution in [3.05, 3.63) is 42.1 Å². The molecule has 0 fully saturated rings. The van der Waals surface area contributed by atoms with E-state index in [0.29, 0.717) is 5.95 Å². The largest absolute Gasteiger partial charge is 0.362 e. The number of hydrogen-bond acceptors (Lipinski definition) is 5. The molecule has 1 N–H and O–H groups in total. The lowest BCUT2D eigenvalue weighted by atomic mass is 10.3. The number of aromatic nitrogens is 2. The highest BCUT2D eigenvalue weighted by molar-refractivity contribution is 7.99. The fourth-order valence-electron chi connectivity index (χ4n) is 1.95. The highest BCUT2D eigenvalue weighted by Gasteiger charge is 2.05. The second-order valence-electron chi connectivity index (χ2n) is 5.04. The van der Waals surface area contributed by atoms with Crippen molar-refractivity contribution in [2.24, 2.45) is 0 Å². The molecule has 4 nitrogen and oxygen atoms in total. The standard InChI is InChI=1S/C16H22N4S/c1-13-12-18-16(19-15(13)20(2)3)17-10-7-11-21-14-8-5-4-6-9-14/h4-6,8-9,12H,7,10-11H2,1-3H3,(H,17,18,19). The molecule has 1 aromatic heterocycles. The molecular formula is C16H22N4S. The number of hydrogen-bond donors (Lipinski definition) is 1. The van der Waals surface area contributed by atoms with Crippen molar-refractivity contribution in [2.75, 3.05) is 36.6 Å². The Morgan fingerprint density at radius 2 is 1.95 bits per heavy atom. The summed E-state index contributed by atoms with van der Waals surface area (Å²) in [6.07, 6.45) is 2.94. The maximum atomic E-state index is 4.52. The Kier molecular flexibility index (Phi) is 5.87. The number of thioether (sulfide) groups is 1. The molecule has 0 saturated heterocycles. The van der Waals surface area contributed by atoms with Crippen molar-refractivity contribution in [3.63, 3.8) is 0 Å². The minimum absolute atomic E-state index is 0.703. The maximum Gasteiger partial charge on any atom is 0.224 e. The van der Waals surface area contributed by atoms with E-state index in [2.05, 4.69) is 39.6 Å². The van der Waals surface area contributed by atoms with Gasteiger partial charge in [0.05, 0.1) is 0 Å². The van der Waals surface area contributed by atoms with Crippen LogP contribution in [0.1, 0.15) is 12.0 Å². The predicted molar refractivity (Wildman–Crippen MR) is 91.4 cm³/mol. The Morgan fingerprint density at radius 1 is 1.19 bits per heavy atom. The van der Waals surface area contributed by atoms with Gasteiger partial charge in [-0.1, -0.05) is 18.2 Å². The van der Waals surface area contributed by atoms with Gasteiger partial charge in [0.1, 0.15) is 5.82 Å². The van der Waals surface area contributed by atoms with Gasteiger partial charge >= 0.3 is 0 Å². The molecule has 1 aromatic carbocycles. The van der Waals surface area contributed by atoms with Gasteiger partial charge in [-0.05, 0) is 31.2 Å². The van der Waals surface area contributed by atoms with Gasteiger partial charge in [-0.25, -0.2) is 4.98 Å². The van der Waals surface area contributed by atoms with Gasteiger partial charge in [-0.2, -0.15) is 4.98 Å². The van der Waals surface area contributed by atoms with E-state index < -0.39 is 0 Å². The third-order valence-corrected chi connectivity index (χ3v) is 4.08. The van der Waals surface area contributed by atoms with Crippen molar-refractivity contribution >= 4 is 23.5 Å². The molecule has 0 saturated carbocycles. The highest BCUT2D eigenvalue weighted by atomic mass is 32.2. The Hall–Kier alpha value is -1.75. The van der Waals surface area contributed by atoms with E-state index in [1.807, 2.05) is 49.9 Å². The third-order valence-electron chi connectivity index (χ3n) is 2.98. The lowest BCUT2D eigenvalue weighted by Gasteiger charge is -2.15. The molecule has 0 atom stereocenters. The lowest BCUT2D eigenvalue weighted by Crippen LogP contribution is -2.15. The molecule has 0 spiro atoms. The molecule has 21 heavy (non-hydrogen) atoms. The van der Waals surface area contributed by atoms with Crippen LogP contribution in [0.15, 0.2) is 41.4 Å². The molecule has 2 aromatic rings. The molecule has 5 heteroatoms. The summed E-state index contributed by atoms with van der Waals surface area (Å²) in [4.78, 5) is 12.2. The summed E-state index contributed by atoms with van der Waals surface area (Å²) >= 11 is 1.88. The van der Waals surface area contributed by atoms with Crippen LogP contribution in [-0.2, 0) is 0 Å². The number of nitrogens with zero attached hydrogens (tertiary/aromatic N) is 3. The van der Waals surface area contributed by atoms with E-state index in [-0.39, 0.29) is 0 Å². The van der Waals surface area contributed by atoms with Crippen LogP contribution in [0, 0.1) is 6.92 Å². The molecule has 0 bridgehead atoms. The maximum absolute atomic E-state index is 4.52. The number of rotatable bonds is 7. The van der Waals surface area contributed by atoms with E-state index in [0.717, 1.165) is 30.1 Å². The number of nitrogens with one attached hydrogen (secondary N) is 1. The Bertz CT molecular complexity index is 557. The van der Waals surface area contributed by atoms with E-state index >= 15 is 0 Å². The predicted octanol–water partition coefficient (Wildman–Crippen LogP) is 3.45. The second-order valence-corrected chi connectivity index (χ2v) is 6.20. The molecule has 2 rings (SSSR count). The molecular weight excluding hydrogens is 280 g/mol. The fourth-order valence-corrected chi connectivity index (χ4v) is 2.82. The Labute approximate surface area is 131 Å². The molecule has 0 aliphatic carbocycles. The number of anilines is 2. The molecule has 0 unspecified atom stereocenters. The summed E-state index contributed by atoms with van der Waals surface area (Å²) in [6.45, 7) is 2.91. The first kappa shape index (κ1) is 15.6. The monoisotopic (exact) mass is 302 g/mol. The first-order valence-electron chi connectivity index (χ1n) is 7.09. The van der Waals surface area contributed by atoms with Crippen molar-refractivity contribution < 1.29 is 0 Å². The van der Waals surface area contributed by atoms with Crippen LogP contribution >= 0.6 is 11.8 Å². The van der Waals surface area contributed by atoms with Crippen molar-refractivity contribution in [2.45, 2.75) is 18.2 Å². The zero-order valence-electron chi connectivity index (χ0n) is 12.8. The van der Waals surface area contributed by atoms with Crippen LogP contribution in [0.4, 0.5) is 11.8 Å². The van der Waals surface area contributed by atoms with Crippen LogP contribution in [0.2, 0.25) is 0 Å². The quantitative estimate of drug-likeness (QED) is 0.627. The average molecular weight is 302 g/mol. The minimum Gasteiger partial charge on any atom is -0.362 e. The van der Waals surface area contributed by atoms with Gasteiger partial charge in [0.2, 0.25) is 5.95 Å². The normalized spacial score (nSPS) is 10.4. The van der Waals surface area contributed by atoms with Crippen molar-refractivity contribution in [1.29, 1.82) is 0 Å². The number of aryl methyl sites for hydroxylation is 1. The minimum atomic E-state index is 0.703. The van der Waals surface area contributed by atoms with Gasteiger partial charge in [-0.15, -0.1) is 11.8 Å². The third kappa shape index (κ3) is 4.93. The van der Waals surface area contributed by atoms with E-state index in [4.69, 9.17) is 0 Å². The van der Waals surface area contributed by atoms with Gasteiger partial charge in [0.25, 0.3) is 0 Å². The van der Waals surface area contributed by atoms with E-state index in [1.54, 1.807) is 0 Å². The van der Waals surface area contributed by atoms with Gasteiger partial charge < -0.3 is 10.2 Å². The summed E-state index contributed by atoms with van der Waals surface area (Å²) in [7, 11) is 3.99. The zero-order valence-corrected chi connectivity index (χ0v) is 13.7. The van der Waals surface area contributed by atoms with Crippen LogP contribution in [0.5, 0.6) is 0 Å². The van der Waals surface area contributed by atoms with E-state index in [9.17, 15) is 0 Å². The Balaban J connectivity index is 1.75. The van der Waals surface area contributed by atoms with Crippen molar-refractivity contribution in [1.82, 2.24) is 9.97 Å². The molecule has 0 aliphatic rings. The Morgan fingerprint density at radius 3 is 2.67 bits per heavy atom. The topological polar surface area (TPSA) is 41.1 Å². The summed E-state index contributed by atoms with van der Waals surface area (Å²) < 4.78 is 0. The molecule has 0 amide bonds. The first-order valence-corrected chi connectivity index (χ1v) is 8.08. The van der Waals surface area contributed by atoms with Crippen LogP contribution in [0.25, 0.3) is 0 Å². The molecule has 0 radical (unpaired) electrons. The lowest BCUT2D eigenvalue weighted by molar-refractivity contribution is 0.946. The van der Waals surface area contributed by atoms with E-state index in [1.165, 1.54) is 4.90 Å². The van der Waals surface area contributed by atoms with Crippen LogP contribution < -0.4 is 10.2 Å². The number of benzene rings is 1. The summed E-state index contributed by atoms with van der Waals surface area (Å²) in [6, 6.07) is 10.5. The van der Waals surface area contributed by atoms with Gasteiger partial charge in [0, 0.05) is 37.3 Å². The summed E-state index contributed by atoms with van der Waals surface area (Å²) in [5, 5.41) is 3.29. The SMILES string of the molecule is Cc1cnc(NCCCSc2ccccc2)nc1N(C)C. The first-order chi connectivity index (χ1) is 10.2. The summed E-state index contributed by atoms with van der Waals surface area (Å²) in [5.74, 6) is 2.75. The van der Waals surface area contributed by atoms with Crippen molar-refractivity contribution in [3.8, 4) is 0 Å². The summed E-state index contributed by atoms with van der Waals surface area (Å²) in [5.41, 5.74) is 1.09. The van der Waals surface area contributed by atoms with Gasteiger partial charge in [0.15, 0.2) is 0 Å². The van der Waals surface area contributed by atoms with Crippen LogP contribution in [-0.4, -0.2) is 36.4 Å². The van der Waals surface area contributed by atoms with Crippen LogP contribution in [0.3, 0.4) is 0 Å². The zero-order chi connectivity index (χ0) is 15.1. The molecule has 112 valence electrons. The molecule has 1 heterocycles. The van der Waals surface area contributed by atoms with Gasteiger partial charge in [-0.3, -0.25) is 0 Å². The smallest absolute Gasteiger partial charge is 0.224 e. The second kappa shape index (κ2) is 7.88. The molecule has 0 aliphatic heterocycles. The fraction of sp³-hybridized carbons (Fsp3) is 0.375.